The number of nitriles is 1. The van der Waals surface area contributed by atoms with Crippen molar-refractivity contribution in [2.75, 3.05) is 17.7 Å². The van der Waals surface area contributed by atoms with Crippen LogP contribution >= 0.6 is 0 Å². The minimum absolute atomic E-state index is 0.207. The van der Waals surface area contributed by atoms with E-state index in [0.29, 0.717) is 17.1 Å². The molecule has 6 heteroatoms. The second-order valence-electron chi connectivity index (χ2n) is 4.14. The Morgan fingerprint density at radius 3 is 2.85 bits per heavy atom. The van der Waals surface area contributed by atoms with Crippen LogP contribution in [0.4, 0.5) is 11.5 Å². The van der Waals surface area contributed by atoms with Crippen LogP contribution in [0.3, 0.4) is 0 Å². The average Bonchev–Trinajstić information content (AvgIpc) is 2.49. The SMILES string of the molecule is CNc1cncc(C(=O)Nc2cc(C#N)ccc2C)n1. The maximum absolute atomic E-state index is 12.1. The maximum Gasteiger partial charge on any atom is 0.275 e. The molecule has 0 aliphatic rings. The summed E-state index contributed by atoms with van der Waals surface area (Å²) in [6, 6.07) is 7.15. The largest absolute Gasteiger partial charge is 0.372 e. The molecule has 100 valence electrons. The van der Waals surface area contributed by atoms with E-state index in [0.717, 1.165) is 5.56 Å². The fourth-order valence-electron chi connectivity index (χ4n) is 1.61. The zero-order valence-corrected chi connectivity index (χ0v) is 11.1. The molecule has 0 atom stereocenters. The van der Waals surface area contributed by atoms with Gasteiger partial charge in [0.15, 0.2) is 0 Å². The highest BCUT2D eigenvalue weighted by molar-refractivity contribution is 6.03. The Labute approximate surface area is 116 Å². The fourth-order valence-corrected chi connectivity index (χ4v) is 1.61. The predicted molar refractivity (Wildman–Crippen MR) is 75.4 cm³/mol. The first-order chi connectivity index (χ1) is 9.63. The van der Waals surface area contributed by atoms with E-state index in [1.165, 1.54) is 12.4 Å². The van der Waals surface area contributed by atoms with Crippen molar-refractivity contribution in [1.29, 1.82) is 5.26 Å². The second-order valence-corrected chi connectivity index (χ2v) is 4.14. The molecule has 0 fully saturated rings. The van der Waals surface area contributed by atoms with E-state index >= 15 is 0 Å². The van der Waals surface area contributed by atoms with E-state index in [1.54, 1.807) is 25.2 Å². The Morgan fingerprint density at radius 2 is 2.15 bits per heavy atom. The molecule has 2 N–H and O–H groups in total. The van der Waals surface area contributed by atoms with Crippen LogP contribution < -0.4 is 10.6 Å². The number of benzene rings is 1. The van der Waals surface area contributed by atoms with Gasteiger partial charge in [-0.1, -0.05) is 6.07 Å². The lowest BCUT2D eigenvalue weighted by Gasteiger charge is -2.08. The molecule has 6 nitrogen and oxygen atoms in total. The van der Waals surface area contributed by atoms with Crippen LogP contribution in [0, 0.1) is 18.3 Å². The van der Waals surface area contributed by atoms with Crippen molar-refractivity contribution >= 4 is 17.4 Å². The van der Waals surface area contributed by atoms with Crippen LogP contribution in [0.1, 0.15) is 21.6 Å². The zero-order valence-electron chi connectivity index (χ0n) is 11.1. The topological polar surface area (TPSA) is 90.7 Å². The summed E-state index contributed by atoms with van der Waals surface area (Å²) < 4.78 is 0. The maximum atomic E-state index is 12.1. The molecule has 0 aliphatic carbocycles. The van der Waals surface area contributed by atoms with E-state index < -0.39 is 0 Å². The summed E-state index contributed by atoms with van der Waals surface area (Å²) in [6.45, 7) is 1.85. The van der Waals surface area contributed by atoms with Crippen molar-refractivity contribution in [3.63, 3.8) is 0 Å². The van der Waals surface area contributed by atoms with Crippen LogP contribution in [-0.4, -0.2) is 22.9 Å². The molecule has 2 rings (SSSR count). The van der Waals surface area contributed by atoms with E-state index in [1.807, 2.05) is 13.0 Å². The number of nitrogens with one attached hydrogen (secondary N) is 2. The number of hydrogen-bond acceptors (Lipinski definition) is 5. The van der Waals surface area contributed by atoms with Crippen LogP contribution in [0.2, 0.25) is 0 Å². The van der Waals surface area contributed by atoms with E-state index in [-0.39, 0.29) is 11.6 Å². The number of rotatable bonds is 3. The second kappa shape index (κ2) is 5.80. The van der Waals surface area contributed by atoms with Gasteiger partial charge in [0.2, 0.25) is 0 Å². The van der Waals surface area contributed by atoms with Gasteiger partial charge in [0, 0.05) is 12.7 Å². The van der Waals surface area contributed by atoms with Crippen molar-refractivity contribution in [1.82, 2.24) is 9.97 Å². The van der Waals surface area contributed by atoms with Gasteiger partial charge < -0.3 is 10.6 Å². The minimum Gasteiger partial charge on any atom is -0.372 e. The fraction of sp³-hybridized carbons (Fsp3) is 0.143. The van der Waals surface area contributed by atoms with Crippen LogP contribution in [0.5, 0.6) is 0 Å². The molecule has 0 saturated carbocycles. The molecule has 0 saturated heterocycles. The highest BCUT2D eigenvalue weighted by Crippen LogP contribution is 2.17. The normalized spacial score (nSPS) is 9.65. The number of nitrogens with zero attached hydrogens (tertiary/aromatic N) is 3. The standard InChI is InChI=1S/C14H13N5O/c1-9-3-4-10(6-15)5-11(9)19-14(20)12-7-17-8-13(16-2)18-12/h3-5,7-8H,1-2H3,(H,16,18)(H,19,20). The number of carbonyl (C=O) groups is 1. The summed E-state index contributed by atoms with van der Waals surface area (Å²) in [5.74, 6) is 0.146. The lowest BCUT2D eigenvalue weighted by Crippen LogP contribution is -2.15. The van der Waals surface area contributed by atoms with Crippen LogP contribution in [-0.2, 0) is 0 Å². The Kier molecular flexibility index (Phi) is 3.91. The molecule has 0 spiro atoms. The smallest absolute Gasteiger partial charge is 0.275 e. The molecule has 20 heavy (non-hydrogen) atoms. The first-order valence-corrected chi connectivity index (χ1v) is 5.96. The molecule has 0 radical (unpaired) electrons. The molecule has 1 heterocycles. The molecule has 0 bridgehead atoms. The van der Waals surface area contributed by atoms with Gasteiger partial charge in [-0.3, -0.25) is 9.78 Å². The van der Waals surface area contributed by atoms with Gasteiger partial charge in [-0.2, -0.15) is 5.26 Å². The number of aryl methyl sites for hydroxylation is 1. The molecule has 0 aliphatic heterocycles. The first-order valence-electron chi connectivity index (χ1n) is 5.96. The quantitative estimate of drug-likeness (QED) is 0.887. The number of anilines is 2. The van der Waals surface area contributed by atoms with E-state index in [2.05, 4.69) is 20.6 Å². The van der Waals surface area contributed by atoms with Gasteiger partial charge in [-0.05, 0) is 24.6 Å². The van der Waals surface area contributed by atoms with Crippen molar-refractivity contribution in [3.8, 4) is 6.07 Å². The highest BCUT2D eigenvalue weighted by Gasteiger charge is 2.10. The zero-order chi connectivity index (χ0) is 14.5. The van der Waals surface area contributed by atoms with Crippen LogP contribution in [0.15, 0.2) is 30.6 Å². The molecule has 1 aromatic carbocycles. The van der Waals surface area contributed by atoms with E-state index in [4.69, 9.17) is 5.26 Å². The van der Waals surface area contributed by atoms with Gasteiger partial charge in [0.1, 0.15) is 11.5 Å². The van der Waals surface area contributed by atoms with Gasteiger partial charge in [0.25, 0.3) is 5.91 Å². The summed E-state index contributed by atoms with van der Waals surface area (Å²) >= 11 is 0. The van der Waals surface area contributed by atoms with Gasteiger partial charge in [-0.25, -0.2) is 4.98 Å². The van der Waals surface area contributed by atoms with Crippen molar-refractivity contribution in [2.45, 2.75) is 6.92 Å². The molecule has 2 aromatic rings. The van der Waals surface area contributed by atoms with Crippen molar-refractivity contribution in [2.24, 2.45) is 0 Å². The summed E-state index contributed by atoms with van der Waals surface area (Å²) in [5, 5.41) is 14.4. The monoisotopic (exact) mass is 267 g/mol. The third-order valence-electron chi connectivity index (χ3n) is 2.74. The highest BCUT2D eigenvalue weighted by atomic mass is 16.1. The average molecular weight is 267 g/mol. The Balaban J connectivity index is 2.25. The molecule has 0 unspecified atom stereocenters. The number of aromatic nitrogens is 2. The third-order valence-corrected chi connectivity index (χ3v) is 2.74. The summed E-state index contributed by atoms with van der Waals surface area (Å²) in [7, 11) is 1.70. The van der Waals surface area contributed by atoms with Crippen molar-refractivity contribution in [3.05, 3.63) is 47.4 Å². The number of carbonyl (C=O) groups excluding carboxylic acids is 1. The minimum atomic E-state index is -0.368. The summed E-state index contributed by atoms with van der Waals surface area (Å²) in [4.78, 5) is 20.2. The molecular weight excluding hydrogens is 254 g/mol. The number of amides is 1. The molecule has 1 aromatic heterocycles. The molecule has 1 amide bonds. The Morgan fingerprint density at radius 1 is 1.35 bits per heavy atom. The van der Waals surface area contributed by atoms with Gasteiger partial charge >= 0.3 is 0 Å². The van der Waals surface area contributed by atoms with Gasteiger partial charge in [-0.15, -0.1) is 0 Å². The lowest BCUT2D eigenvalue weighted by atomic mass is 10.1. The Hall–Kier alpha value is -2.94. The molecular formula is C14H13N5O. The van der Waals surface area contributed by atoms with Crippen LogP contribution in [0.25, 0.3) is 0 Å². The van der Waals surface area contributed by atoms with Gasteiger partial charge in [0.05, 0.1) is 24.0 Å². The summed E-state index contributed by atoms with van der Waals surface area (Å²) in [5.41, 5.74) is 2.15. The predicted octanol–water partition coefficient (Wildman–Crippen LogP) is 1.95. The Bertz CT molecular complexity index is 690. The van der Waals surface area contributed by atoms with Crippen molar-refractivity contribution < 1.29 is 4.79 Å². The van der Waals surface area contributed by atoms with E-state index in [9.17, 15) is 4.79 Å². The first kappa shape index (κ1) is 13.5. The number of hydrogen-bond donors (Lipinski definition) is 2. The third kappa shape index (κ3) is 2.90. The lowest BCUT2D eigenvalue weighted by molar-refractivity contribution is 0.102. The summed E-state index contributed by atoms with van der Waals surface area (Å²) in [6.07, 6.45) is 2.91.